The average Bonchev–Trinajstić information content (AvgIpc) is 2.74. The SMILES string of the molecule is CC(C)C(NS(=O)(=O)c1ccc(C#N)o1)C(=O)O. The predicted octanol–water partition coefficient (Wildman–Crippen LogP) is 0.539. The number of carboxylic acids is 1. The van der Waals surface area contributed by atoms with Crippen molar-refractivity contribution in [3.05, 3.63) is 17.9 Å². The van der Waals surface area contributed by atoms with E-state index in [1.807, 2.05) is 4.72 Å². The highest BCUT2D eigenvalue weighted by molar-refractivity contribution is 7.89. The molecule has 1 aromatic heterocycles. The van der Waals surface area contributed by atoms with Gasteiger partial charge in [0.2, 0.25) is 10.9 Å². The molecule has 1 unspecified atom stereocenters. The maximum atomic E-state index is 11.8. The molecule has 0 spiro atoms. The number of carbonyl (C=O) groups is 1. The van der Waals surface area contributed by atoms with Crippen molar-refractivity contribution < 1.29 is 22.7 Å². The lowest BCUT2D eigenvalue weighted by molar-refractivity contribution is -0.140. The minimum atomic E-state index is -4.09. The molecule has 0 amide bonds. The number of sulfonamides is 1. The van der Waals surface area contributed by atoms with Crippen molar-refractivity contribution in [3.8, 4) is 6.07 Å². The molecule has 0 saturated heterocycles. The molecule has 98 valence electrons. The highest BCUT2D eigenvalue weighted by atomic mass is 32.2. The van der Waals surface area contributed by atoms with Gasteiger partial charge in [-0.1, -0.05) is 13.8 Å². The average molecular weight is 272 g/mol. The van der Waals surface area contributed by atoms with Gasteiger partial charge in [0.05, 0.1) is 0 Å². The van der Waals surface area contributed by atoms with Crippen molar-refractivity contribution in [1.82, 2.24) is 4.72 Å². The van der Waals surface area contributed by atoms with E-state index in [0.717, 1.165) is 6.07 Å². The fourth-order valence-electron chi connectivity index (χ4n) is 1.22. The first-order chi connectivity index (χ1) is 8.27. The topological polar surface area (TPSA) is 120 Å². The molecule has 0 fully saturated rings. The summed E-state index contributed by atoms with van der Waals surface area (Å²) in [5.41, 5.74) is 0. The van der Waals surface area contributed by atoms with Crippen molar-refractivity contribution in [2.45, 2.75) is 25.0 Å². The molecule has 1 rings (SSSR count). The molecule has 0 radical (unpaired) electrons. The van der Waals surface area contributed by atoms with E-state index in [-0.39, 0.29) is 5.76 Å². The van der Waals surface area contributed by atoms with E-state index >= 15 is 0 Å². The van der Waals surface area contributed by atoms with Crippen molar-refractivity contribution in [2.75, 3.05) is 0 Å². The maximum Gasteiger partial charge on any atom is 0.322 e. The molecule has 0 aromatic carbocycles. The first-order valence-corrected chi connectivity index (χ1v) is 6.51. The van der Waals surface area contributed by atoms with Crippen LogP contribution in [-0.2, 0) is 14.8 Å². The molecular formula is C10H12N2O5S. The third kappa shape index (κ3) is 3.09. The highest BCUT2D eigenvalue weighted by Gasteiger charge is 2.29. The lowest BCUT2D eigenvalue weighted by Crippen LogP contribution is -2.44. The number of furan rings is 1. The molecule has 0 bridgehead atoms. The summed E-state index contributed by atoms with van der Waals surface area (Å²) in [6, 6.07) is 2.68. The molecule has 1 aromatic rings. The molecule has 2 N–H and O–H groups in total. The highest BCUT2D eigenvalue weighted by Crippen LogP contribution is 2.15. The fraction of sp³-hybridized carbons (Fsp3) is 0.400. The van der Waals surface area contributed by atoms with Gasteiger partial charge in [-0.05, 0) is 18.1 Å². The summed E-state index contributed by atoms with van der Waals surface area (Å²) in [6.45, 7) is 3.15. The Morgan fingerprint density at radius 2 is 2.11 bits per heavy atom. The van der Waals surface area contributed by atoms with Gasteiger partial charge < -0.3 is 9.52 Å². The summed E-state index contributed by atoms with van der Waals surface area (Å²) in [7, 11) is -4.09. The molecule has 7 nitrogen and oxygen atoms in total. The second-order valence-corrected chi connectivity index (χ2v) is 5.56. The van der Waals surface area contributed by atoms with Gasteiger partial charge >= 0.3 is 5.97 Å². The monoisotopic (exact) mass is 272 g/mol. The van der Waals surface area contributed by atoms with Crippen molar-refractivity contribution in [3.63, 3.8) is 0 Å². The summed E-state index contributed by atoms with van der Waals surface area (Å²) in [5.74, 6) is -1.87. The zero-order chi connectivity index (χ0) is 13.9. The van der Waals surface area contributed by atoms with E-state index in [1.165, 1.54) is 6.07 Å². The van der Waals surface area contributed by atoms with Crippen LogP contribution in [0, 0.1) is 17.2 Å². The second kappa shape index (κ2) is 5.20. The Hall–Kier alpha value is -1.85. The van der Waals surface area contributed by atoms with Crippen LogP contribution in [0.25, 0.3) is 0 Å². The van der Waals surface area contributed by atoms with Crippen LogP contribution in [-0.4, -0.2) is 25.5 Å². The van der Waals surface area contributed by atoms with E-state index in [2.05, 4.69) is 0 Å². The number of nitrogens with zero attached hydrogens (tertiary/aromatic N) is 1. The summed E-state index contributed by atoms with van der Waals surface area (Å²) in [6.07, 6.45) is 0. The van der Waals surface area contributed by atoms with Gasteiger partial charge in [-0.25, -0.2) is 8.42 Å². The Kier molecular flexibility index (Phi) is 4.11. The van der Waals surface area contributed by atoms with E-state index in [0.29, 0.717) is 0 Å². The van der Waals surface area contributed by atoms with Gasteiger partial charge in [-0.3, -0.25) is 4.79 Å². The fourth-order valence-corrected chi connectivity index (χ4v) is 2.49. The van der Waals surface area contributed by atoms with Gasteiger partial charge in [-0.15, -0.1) is 0 Å². The quantitative estimate of drug-likeness (QED) is 0.807. The lowest BCUT2D eigenvalue weighted by Gasteiger charge is -2.16. The molecule has 0 aliphatic rings. The van der Waals surface area contributed by atoms with Crippen LogP contribution in [0.15, 0.2) is 21.6 Å². The van der Waals surface area contributed by atoms with Gasteiger partial charge in [0.25, 0.3) is 10.0 Å². The summed E-state index contributed by atoms with van der Waals surface area (Å²) < 4.78 is 30.4. The number of hydrogen-bond acceptors (Lipinski definition) is 5. The van der Waals surface area contributed by atoms with Gasteiger partial charge in [0.1, 0.15) is 12.1 Å². The van der Waals surface area contributed by atoms with Gasteiger partial charge in [0.15, 0.2) is 0 Å². The van der Waals surface area contributed by atoms with Crippen molar-refractivity contribution in [2.24, 2.45) is 5.92 Å². The second-order valence-electron chi connectivity index (χ2n) is 3.91. The minimum absolute atomic E-state index is 0.160. The number of carboxylic acid groups (broad SMARTS) is 1. The van der Waals surface area contributed by atoms with Crippen LogP contribution in [0.5, 0.6) is 0 Å². The standard InChI is InChI=1S/C10H12N2O5S/c1-6(2)9(10(13)14)12-18(15,16)8-4-3-7(5-11)17-8/h3-4,6,9,12H,1-2H3,(H,13,14). The Morgan fingerprint density at radius 3 is 2.50 bits per heavy atom. The lowest BCUT2D eigenvalue weighted by atomic mass is 10.1. The summed E-state index contributed by atoms with van der Waals surface area (Å²) >= 11 is 0. The Morgan fingerprint density at radius 1 is 1.50 bits per heavy atom. The number of nitriles is 1. The van der Waals surface area contributed by atoms with Crippen LogP contribution in [0.4, 0.5) is 0 Å². The smallest absolute Gasteiger partial charge is 0.322 e. The van der Waals surface area contributed by atoms with Gasteiger partial charge in [-0.2, -0.15) is 9.98 Å². The van der Waals surface area contributed by atoms with Crippen LogP contribution < -0.4 is 4.72 Å². The van der Waals surface area contributed by atoms with Crippen molar-refractivity contribution in [1.29, 1.82) is 5.26 Å². The van der Waals surface area contributed by atoms with Crippen LogP contribution in [0.1, 0.15) is 19.6 Å². The van der Waals surface area contributed by atoms with Crippen molar-refractivity contribution >= 4 is 16.0 Å². The molecular weight excluding hydrogens is 260 g/mol. The third-order valence-electron chi connectivity index (χ3n) is 2.17. The van der Waals surface area contributed by atoms with E-state index in [4.69, 9.17) is 14.8 Å². The summed E-state index contributed by atoms with van der Waals surface area (Å²) in [4.78, 5) is 10.9. The normalized spacial score (nSPS) is 13.2. The molecule has 18 heavy (non-hydrogen) atoms. The molecule has 0 aliphatic heterocycles. The zero-order valence-electron chi connectivity index (χ0n) is 9.75. The largest absolute Gasteiger partial charge is 0.480 e. The van der Waals surface area contributed by atoms with Crippen LogP contribution in [0.3, 0.4) is 0 Å². The number of hydrogen-bond donors (Lipinski definition) is 2. The van der Waals surface area contributed by atoms with E-state index in [9.17, 15) is 13.2 Å². The zero-order valence-corrected chi connectivity index (χ0v) is 10.6. The first-order valence-electron chi connectivity index (χ1n) is 5.03. The third-order valence-corrected chi connectivity index (χ3v) is 3.48. The predicted molar refractivity (Wildman–Crippen MR) is 60.0 cm³/mol. The van der Waals surface area contributed by atoms with Crippen LogP contribution >= 0.6 is 0 Å². The van der Waals surface area contributed by atoms with Crippen LogP contribution in [0.2, 0.25) is 0 Å². The summed E-state index contributed by atoms with van der Waals surface area (Å²) in [5, 5.41) is 16.9. The van der Waals surface area contributed by atoms with Gasteiger partial charge in [0, 0.05) is 0 Å². The number of rotatable bonds is 5. The van der Waals surface area contributed by atoms with E-state index in [1.54, 1.807) is 19.9 Å². The maximum absolute atomic E-state index is 11.8. The molecule has 1 atom stereocenters. The molecule has 1 heterocycles. The number of aliphatic carboxylic acids is 1. The Balaban J connectivity index is 3.01. The Labute approximate surface area is 104 Å². The molecule has 0 aliphatic carbocycles. The molecule has 0 saturated carbocycles. The Bertz CT molecular complexity index is 582. The van der Waals surface area contributed by atoms with E-state index < -0.39 is 33.0 Å². The molecule has 8 heteroatoms. The first kappa shape index (κ1) is 14.2. The number of nitrogens with one attached hydrogen (secondary N) is 1. The minimum Gasteiger partial charge on any atom is -0.480 e.